The summed E-state index contributed by atoms with van der Waals surface area (Å²) >= 11 is 0. The quantitative estimate of drug-likeness (QED) is 0.869. The molecule has 0 amide bonds. The normalized spacial score (nSPS) is 25.6. The molecule has 1 aliphatic heterocycles. The molecule has 0 saturated carbocycles. The Morgan fingerprint density at radius 2 is 2.00 bits per heavy atom. The predicted octanol–water partition coefficient (Wildman–Crippen LogP) is 2.92. The van der Waals surface area contributed by atoms with E-state index < -0.39 is 0 Å². The molecule has 3 atom stereocenters. The van der Waals surface area contributed by atoms with Gasteiger partial charge < -0.3 is 10.8 Å². The SMILES string of the molecule is CC1CCCC(CN)N1C(C)CCc1ccc(O)cc1. The third-order valence-corrected chi connectivity index (χ3v) is 4.66. The van der Waals surface area contributed by atoms with Crippen LogP contribution in [-0.4, -0.2) is 34.7 Å². The van der Waals surface area contributed by atoms with Gasteiger partial charge in [-0.25, -0.2) is 0 Å². The number of hydrogen-bond acceptors (Lipinski definition) is 3. The monoisotopic (exact) mass is 276 g/mol. The number of hydrogen-bond donors (Lipinski definition) is 2. The topological polar surface area (TPSA) is 49.5 Å². The molecule has 3 unspecified atom stereocenters. The van der Waals surface area contributed by atoms with Gasteiger partial charge in [0.25, 0.3) is 0 Å². The second-order valence-electron chi connectivity index (χ2n) is 6.17. The highest BCUT2D eigenvalue weighted by molar-refractivity contribution is 5.25. The van der Waals surface area contributed by atoms with Crippen LogP contribution in [0.15, 0.2) is 24.3 Å². The molecule has 3 nitrogen and oxygen atoms in total. The first-order valence-electron chi connectivity index (χ1n) is 7.87. The van der Waals surface area contributed by atoms with Crippen LogP contribution in [0.25, 0.3) is 0 Å². The molecule has 112 valence electrons. The molecule has 1 aromatic rings. The number of benzene rings is 1. The Labute approximate surface area is 122 Å². The van der Waals surface area contributed by atoms with Crippen LogP contribution in [0.2, 0.25) is 0 Å². The van der Waals surface area contributed by atoms with E-state index >= 15 is 0 Å². The fourth-order valence-electron chi connectivity index (χ4n) is 3.53. The molecule has 0 bridgehead atoms. The van der Waals surface area contributed by atoms with E-state index in [0.29, 0.717) is 23.9 Å². The Bertz CT molecular complexity index is 404. The smallest absolute Gasteiger partial charge is 0.115 e. The highest BCUT2D eigenvalue weighted by Gasteiger charge is 2.30. The minimum absolute atomic E-state index is 0.342. The Balaban J connectivity index is 1.92. The highest BCUT2D eigenvalue weighted by atomic mass is 16.3. The summed E-state index contributed by atoms with van der Waals surface area (Å²) in [5, 5.41) is 9.32. The molecule has 20 heavy (non-hydrogen) atoms. The van der Waals surface area contributed by atoms with Gasteiger partial charge >= 0.3 is 0 Å². The van der Waals surface area contributed by atoms with E-state index in [0.717, 1.165) is 19.4 Å². The number of aryl methyl sites for hydroxylation is 1. The lowest BCUT2D eigenvalue weighted by molar-refractivity contribution is 0.0539. The molecule has 3 heteroatoms. The zero-order valence-corrected chi connectivity index (χ0v) is 12.8. The number of likely N-dealkylation sites (tertiary alicyclic amines) is 1. The maximum atomic E-state index is 9.32. The van der Waals surface area contributed by atoms with Gasteiger partial charge in [-0.3, -0.25) is 4.90 Å². The first kappa shape index (κ1) is 15.3. The average molecular weight is 276 g/mol. The molecule has 1 saturated heterocycles. The van der Waals surface area contributed by atoms with Crippen molar-refractivity contribution in [3.05, 3.63) is 29.8 Å². The molecule has 0 radical (unpaired) electrons. The molecule has 2 rings (SSSR count). The minimum atomic E-state index is 0.342. The van der Waals surface area contributed by atoms with Gasteiger partial charge in [-0.15, -0.1) is 0 Å². The summed E-state index contributed by atoms with van der Waals surface area (Å²) < 4.78 is 0. The van der Waals surface area contributed by atoms with Crippen LogP contribution >= 0.6 is 0 Å². The number of nitrogens with two attached hydrogens (primary N) is 1. The van der Waals surface area contributed by atoms with Gasteiger partial charge in [-0.1, -0.05) is 18.6 Å². The van der Waals surface area contributed by atoms with Gasteiger partial charge in [0.05, 0.1) is 0 Å². The fourth-order valence-corrected chi connectivity index (χ4v) is 3.53. The summed E-state index contributed by atoms with van der Waals surface area (Å²) in [4.78, 5) is 2.63. The average Bonchev–Trinajstić information content (AvgIpc) is 2.46. The fraction of sp³-hybridized carbons (Fsp3) is 0.647. The van der Waals surface area contributed by atoms with E-state index in [1.54, 1.807) is 12.1 Å². The Kier molecular flexibility index (Phi) is 5.44. The van der Waals surface area contributed by atoms with Crippen molar-refractivity contribution in [1.82, 2.24) is 4.90 Å². The number of aromatic hydroxyl groups is 1. The molecule has 0 aliphatic carbocycles. The van der Waals surface area contributed by atoms with Gasteiger partial charge in [0.2, 0.25) is 0 Å². The molecule has 1 heterocycles. The van der Waals surface area contributed by atoms with Crippen LogP contribution in [0.1, 0.15) is 45.1 Å². The zero-order valence-electron chi connectivity index (χ0n) is 12.8. The molecule has 1 fully saturated rings. The van der Waals surface area contributed by atoms with Gasteiger partial charge in [0, 0.05) is 24.7 Å². The summed E-state index contributed by atoms with van der Waals surface area (Å²) in [5.74, 6) is 0.342. The van der Waals surface area contributed by atoms with Crippen molar-refractivity contribution in [2.45, 2.75) is 64.1 Å². The number of rotatable bonds is 5. The number of phenols is 1. The van der Waals surface area contributed by atoms with Crippen molar-refractivity contribution in [3.63, 3.8) is 0 Å². The lowest BCUT2D eigenvalue weighted by atomic mass is 9.93. The number of piperidine rings is 1. The molecule has 1 aliphatic rings. The van der Waals surface area contributed by atoms with E-state index in [1.807, 2.05) is 12.1 Å². The third kappa shape index (κ3) is 3.74. The van der Waals surface area contributed by atoms with Crippen molar-refractivity contribution in [3.8, 4) is 5.75 Å². The van der Waals surface area contributed by atoms with Crippen molar-refractivity contribution >= 4 is 0 Å². The third-order valence-electron chi connectivity index (χ3n) is 4.66. The molecule has 0 spiro atoms. The standard InChI is InChI=1S/C17H28N2O/c1-13-4-3-5-16(12-18)19(13)14(2)6-7-15-8-10-17(20)11-9-15/h8-11,13-14,16,20H,3-7,12,18H2,1-2H3. The summed E-state index contributed by atoms with van der Waals surface area (Å²) in [6.45, 7) is 5.43. The number of nitrogens with zero attached hydrogens (tertiary/aromatic N) is 1. The zero-order chi connectivity index (χ0) is 14.5. The van der Waals surface area contributed by atoms with Crippen LogP contribution in [0.3, 0.4) is 0 Å². The second kappa shape index (κ2) is 7.09. The van der Waals surface area contributed by atoms with Gasteiger partial charge in [-0.2, -0.15) is 0 Å². The van der Waals surface area contributed by atoms with E-state index in [1.165, 1.54) is 24.8 Å². The van der Waals surface area contributed by atoms with Crippen molar-refractivity contribution in [2.24, 2.45) is 5.73 Å². The van der Waals surface area contributed by atoms with Gasteiger partial charge in [0.15, 0.2) is 0 Å². The maximum Gasteiger partial charge on any atom is 0.115 e. The first-order valence-corrected chi connectivity index (χ1v) is 7.87. The summed E-state index contributed by atoms with van der Waals surface area (Å²) in [5.41, 5.74) is 7.24. The van der Waals surface area contributed by atoms with Crippen molar-refractivity contribution < 1.29 is 5.11 Å². The predicted molar refractivity (Wildman–Crippen MR) is 83.9 cm³/mol. The van der Waals surface area contributed by atoms with Crippen LogP contribution in [0, 0.1) is 0 Å². The summed E-state index contributed by atoms with van der Waals surface area (Å²) in [7, 11) is 0. The van der Waals surface area contributed by atoms with E-state index in [4.69, 9.17) is 5.73 Å². The van der Waals surface area contributed by atoms with Crippen molar-refractivity contribution in [1.29, 1.82) is 0 Å². The first-order chi connectivity index (χ1) is 9.61. The van der Waals surface area contributed by atoms with Crippen LogP contribution in [0.5, 0.6) is 5.75 Å². The van der Waals surface area contributed by atoms with Gasteiger partial charge in [0.1, 0.15) is 5.75 Å². The molecular formula is C17H28N2O. The Morgan fingerprint density at radius 3 is 2.65 bits per heavy atom. The molecular weight excluding hydrogens is 248 g/mol. The Hall–Kier alpha value is -1.06. The largest absolute Gasteiger partial charge is 0.508 e. The van der Waals surface area contributed by atoms with E-state index in [9.17, 15) is 5.11 Å². The van der Waals surface area contributed by atoms with Gasteiger partial charge in [-0.05, 0) is 57.2 Å². The lowest BCUT2D eigenvalue weighted by Crippen LogP contribution is -2.52. The van der Waals surface area contributed by atoms with Crippen LogP contribution in [0.4, 0.5) is 0 Å². The second-order valence-corrected chi connectivity index (χ2v) is 6.17. The summed E-state index contributed by atoms with van der Waals surface area (Å²) in [6, 6.07) is 9.33. The lowest BCUT2D eigenvalue weighted by Gasteiger charge is -2.44. The molecule has 0 aromatic heterocycles. The Morgan fingerprint density at radius 1 is 1.30 bits per heavy atom. The maximum absolute atomic E-state index is 9.32. The van der Waals surface area contributed by atoms with Crippen LogP contribution < -0.4 is 5.73 Å². The van der Waals surface area contributed by atoms with E-state index in [-0.39, 0.29) is 0 Å². The number of phenolic OH excluding ortho intramolecular Hbond substituents is 1. The van der Waals surface area contributed by atoms with Crippen molar-refractivity contribution in [2.75, 3.05) is 6.54 Å². The van der Waals surface area contributed by atoms with Crippen LogP contribution in [-0.2, 0) is 6.42 Å². The molecule has 1 aromatic carbocycles. The molecule has 3 N–H and O–H groups in total. The summed E-state index contributed by atoms with van der Waals surface area (Å²) in [6.07, 6.45) is 6.04. The van der Waals surface area contributed by atoms with E-state index in [2.05, 4.69) is 18.7 Å². The highest BCUT2D eigenvalue weighted by Crippen LogP contribution is 2.26. The minimum Gasteiger partial charge on any atom is -0.508 e.